The van der Waals surface area contributed by atoms with Gasteiger partial charge in [0.05, 0.1) is 0 Å². The maximum atomic E-state index is 2.38. The first-order valence-corrected chi connectivity index (χ1v) is 12.4. The number of hydrogen-bond donors (Lipinski definition) is 0. The molecule has 0 amide bonds. The van der Waals surface area contributed by atoms with E-state index in [0.717, 1.165) is 8.19 Å². The van der Waals surface area contributed by atoms with Gasteiger partial charge in [0.1, 0.15) is 0 Å². The first-order chi connectivity index (χ1) is 11.9. The topological polar surface area (TPSA) is 0 Å². The number of hydrogen-bond acceptors (Lipinski definition) is 0. The molecule has 0 radical (unpaired) electrons. The Kier molecular flexibility index (Phi) is 7.77. The zero-order valence-electron chi connectivity index (χ0n) is 14.2. The van der Waals surface area contributed by atoms with Crippen molar-refractivity contribution < 1.29 is 16.6 Å². The van der Waals surface area contributed by atoms with E-state index in [0.29, 0.717) is 0 Å². The average Bonchev–Trinajstić information content (AvgIpc) is 3.20. The molecular weight excluding hydrogens is 414 g/mol. The summed E-state index contributed by atoms with van der Waals surface area (Å²) in [4.78, 5) is 0. The van der Waals surface area contributed by atoms with Crippen LogP contribution in [0.25, 0.3) is 0 Å². The third kappa shape index (κ3) is 3.72. The molecular formula is C22H21Cl2PTi. The minimum atomic E-state index is -2.86. The second kappa shape index (κ2) is 9.61. The minimum absolute atomic E-state index is 0. The fourth-order valence-electron chi connectivity index (χ4n) is 3.59. The van der Waals surface area contributed by atoms with Crippen molar-refractivity contribution in [3.63, 3.8) is 0 Å². The fourth-order valence-corrected chi connectivity index (χ4v) is 14.4. The molecule has 4 aromatic rings. The third-order valence-corrected chi connectivity index (χ3v) is 14.8. The van der Waals surface area contributed by atoms with Crippen LogP contribution in [0, 0.1) is 0 Å². The molecule has 1 heterocycles. The van der Waals surface area contributed by atoms with Crippen molar-refractivity contribution in [2.24, 2.45) is 0 Å². The number of halogens is 2. The van der Waals surface area contributed by atoms with E-state index in [-0.39, 0.29) is 24.8 Å². The van der Waals surface area contributed by atoms with E-state index < -0.39 is 16.6 Å². The second-order valence-electron chi connectivity index (χ2n) is 5.93. The van der Waals surface area contributed by atoms with Crippen LogP contribution in [0.5, 0.6) is 0 Å². The summed E-state index contributed by atoms with van der Waals surface area (Å²) >= 11 is -2.86. The van der Waals surface area contributed by atoms with E-state index in [9.17, 15) is 0 Å². The van der Waals surface area contributed by atoms with Crippen molar-refractivity contribution in [3.05, 3.63) is 109 Å². The van der Waals surface area contributed by atoms with Crippen LogP contribution >= 0.6 is 33.0 Å². The molecule has 0 nitrogen and oxygen atoms in total. The van der Waals surface area contributed by atoms with Crippen molar-refractivity contribution in [1.29, 1.82) is 0 Å². The summed E-state index contributed by atoms with van der Waals surface area (Å²) in [7, 11) is 0.792. The van der Waals surface area contributed by atoms with Gasteiger partial charge in [0.2, 0.25) is 0 Å². The molecule has 0 N–H and O–H groups in total. The van der Waals surface area contributed by atoms with Gasteiger partial charge in [-0.2, -0.15) is 0 Å². The summed E-state index contributed by atoms with van der Waals surface area (Å²) in [5, 5.41) is 0. The summed E-state index contributed by atoms with van der Waals surface area (Å²) in [6, 6.07) is 38.1. The molecule has 0 saturated carbocycles. The van der Waals surface area contributed by atoms with Gasteiger partial charge in [-0.25, -0.2) is 0 Å². The van der Waals surface area contributed by atoms with Gasteiger partial charge in [0, 0.05) is 0 Å². The Morgan fingerprint density at radius 3 is 1.15 bits per heavy atom. The summed E-state index contributed by atoms with van der Waals surface area (Å²) in [6.45, 7) is 0. The van der Waals surface area contributed by atoms with Gasteiger partial charge in [0.15, 0.2) is 0 Å². The number of benzene rings is 3. The first kappa shape index (κ1) is 21.0. The standard InChI is InChI=1S/3C6H5.C4H4P.2ClH.Ti/c3*1-2-4-6-5-3-1;1-2-4-5-3-1;;;/h3*1-5H;1-3,5H;2*1H;. The van der Waals surface area contributed by atoms with E-state index in [1.54, 1.807) is 3.60 Å². The third-order valence-electron chi connectivity index (χ3n) is 4.62. The van der Waals surface area contributed by atoms with Crippen molar-refractivity contribution in [1.82, 2.24) is 0 Å². The zero-order valence-corrected chi connectivity index (χ0v) is 18.4. The van der Waals surface area contributed by atoms with Gasteiger partial charge >= 0.3 is 149 Å². The van der Waals surface area contributed by atoms with Crippen LogP contribution in [0.15, 0.2) is 109 Å². The van der Waals surface area contributed by atoms with Gasteiger partial charge in [0.25, 0.3) is 0 Å². The molecule has 3 aromatic carbocycles. The normalized spacial score (nSPS) is 10.8. The summed E-state index contributed by atoms with van der Waals surface area (Å²) in [6.07, 6.45) is 0. The van der Waals surface area contributed by atoms with Gasteiger partial charge < -0.3 is 0 Å². The zero-order chi connectivity index (χ0) is 16.2. The van der Waals surface area contributed by atoms with Gasteiger partial charge in [-0.15, -0.1) is 24.8 Å². The van der Waals surface area contributed by atoms with Crippen LogP contribution in [-0.2, 0) is 16.6 Å². The monoisotopic (exact) mass is 434 g/mol. The molecule has 0 bridgehead atoms. The molecule has 26 heavy (non-hydrogen) atoms. The van der Waals surface area contributed by atoms with Crippen molar-refractivity contribution in [3.8, 4) is 0 Å². The Labute approximate surface area is 172 Å². The fraction of sp³-hybridized carbons (Fsp3) is 0. The molecule has 1 unspecified atom stereocenters. The van der Waals surface area contributed by atoms with Crippen LogP contribution in [0.3, 0.4) is 0 Å². The number of rotatable bonds is 4. The SMILES string of the molecule is Cl.Cl.c1cc[c]([Ti]([c]2ccccc2)([c]2ccccc2)[c]2ccc[pH]2)cc1. The van der Waals surface area contributed by atoms with Gasteiger partial charge in [-0.05, 0) is 0 Å². The van der Waals surface area contributed by atoms with Crippen LogP contribution in [-0.4, -0.2) is 0 Å². The average molecular weight is 435 g/mol. The molecule has 1 atom stereocenters. The predicted octanol–water partition coefficient (Wildman–Crippen LogP) is 4.32. The summed E-state index contributed by atoms with van der Waals surface area (Å²) in [5.41, 5.74) is 0. The van der Waals surface area contributed by atoms with Gasteiger partial charge in [-0.1, -0.05) is 0 Å². The van der Waals surface area contributed by atoms with Crippen LogP contribution in [0.2, 0.25) is 0 Å². The summed E-state index contributed by atoms with van der Waals surface area (Å²) < 4.78 is 6.17. The van der Waals surface area contributed by atoms with Crippen molar-refractivity contribution in [2.75, 3.05) is 0 Å². The molecule has 4 rings (SSSR count). The van der Waals surface area contributed by atoms with Crippen LogP contribution < -0.4 is 15.2 Å². The Morgan fingerprint density at radius 2 is 0.846 bits per heavy atom. The Bertz CT molecular complexity index is 798. The van der Waals surface area contributed by atoms with Crippen LogP contribution in [0.1, 0.15) is 0 Å². The molecule has 132 valence electrons. The second-order valence-corrected chi connectivity index (χ2v) is 13.8. The molecule has 0 aliphatic carbocycles. The predicted molar refractivity (Wildman–Crippen MR) is 118 cm³/mol. The van der Waals surface area contributed by atoms with E-state index in [1.165, 1.54) is 11.6 Å². The molecule has 0 spiro atoms. The molecule has 0 saturated heterocycles. The van der Waals surface area contributed by atoms with Gasteiger partial charge in [-0.3, -0.25) is 0 Å². The molecule has 0 aliphatic heterocycles. The van der Waals surface area contributed by atoms with E-state index in [1.807, 2.05) is 0 Å². The molecule has 0 aliphatic rings. The Morgan fingerprint density at radius 1 is 0.462 bits per heavy atom. The van der Waals surface area contributed by atoms with Crippen LogP contribution in [0.4, 0.5) is 0 Å². The molecule has 4 heteroatoms. The molecule has 1 aromatic heterocycles. The van der Waals surface area contributed by atoms with E-state index in [4.69, 9.17) is 0 Å². The van der Waals surface area contributed by atoms with E-state index >= 15 is 0 Å². The summed E-state index contributed by atoms with van der Waals surface area (Å²) in [5.74, 6) is 2.32. The van der Waals surface area contributed by atoms with Crippen molar-refractivity contribution >= 4 is 48.2 Å². The van der Waals surface area contributed by atoms with E-state index in [2.05, 4.69) is 109 Å². The Hall–Kier alpha value is -1.27. The van der Waals surface area contributed by atoms with Crippen molar-refractivity contribution in [2.45, 2.75) is 0 Å². The quantitative estimate of drug-likeness (QED) is 0.419. The first-order valence-electron chi connectivity index (χ1n) is 8.23. The molecule has 0 fully saturated rings. The Balaban J connectivity index is 0.00000121. The maximum absolute atomic E-state index is 2.86.